The molecule has 1 fully saturated rings. The molecule has 6 rings (SSSR count). The Balaban J connectivity index is 1.28. The number of rotatable bonds is 12. The van der Waals surface area contributed by atoms with Crippen LogP contribution in [0.1, 0.15) is 52.1 Å². The van der Waals surface area contributed by atoms with Gasteiger partial charge < -0.3 is 14.6 Å². The van der Waals surface area contributed by atoms with Gasteiger partial charge in [0.1, 0.15) is 17.8 Å². The van der Waals surface area contributed by atoms with Crippen LogP contribution < -0.4 is 0 Å². The summed E-state index contributed by atoms with van der Waals surface area (Å²) in [6, 6.07) is 18.3. The van der Waals surface area contributed by atoms with Gasteiger partial charge in [0.25, 0.3) is 0 Å². The van der Waals surface area contributed by atoms with E-state index in [1.807, 2.05) is 66.4 Å². The molecule has 1 aromatic heterocycles. The number of Topliss-reactive ketones (excluding diaryl/α,β-unsaturated/α-hetero) is 1. The highest BCUT2D eigenvalue weighted by molar-refractivity contribution is 5.98. The van der Waals surface area contributed by atoms with Gasteiger partial charge in [0, 0.05) is 65.9 Å². The molecule has 3 heterocycles. The Labute approximate surface area is 254 Å². The molecule has 232 valence electrons. The van der Waals surface area contributed by atoms with Gasteiger partial charge in [0.2, 0.25) is 0 Å². The fraction of sp³-hybridized carbons (Fsp3) is 0.400. The number of aromatic amines is 1. The van der Waals surface area contributed by atoms with Crippen molar-refractivity contribution in [3.63, 3.8) is 0 Å². The third-order valence-corrected chi connectivity index (χ3v) is 8.91. The number of ether oxygens (including phenoxy) is 1. The molecule has 0 saturated carbocycles. The first-order valence-corrected chi connectivity index (χ1v) is 15.3. The van der Waals surface area contributed by atoms with Crippen molar-refractivity contribution in [2.24, 2.45) is 5.92 Å². The number of nitrogens with zero attached hydrogens (tertiary/aromatic N) is 2. The van der Waals surface area contributed by atoms with Crippen LogP contribution in [-0.4, -0.2) is 72.2 Å². The van der Waals surface area contributed by atoms with E-state index in [1.165, 1.54) is 0 Å². The minimum atomic E-state index is -1.40. The minimum absolute atomic E-state index is 0.0242. The Morgan fingerprint density at radius 3 is 2.48 bits per heavy atom. The highest BCUT2D eigenvalue weighted by atomic mass is 19.1. The monoisotopic (exact) mass is 607 g/mol. The van der Waals surface area contributed by atoms with E-state index in [0.717, 1.165) is 34.2 Å². The standard InChI is InChI=1S/C35H37F4N3O2/c1-22-14-28-27-10-5-6-11-31(27)40-33(28)34(42(22)19-26(37)21-44-20-23-8-3-2-4-9-23)32-29(38)15-24(16-30(32)39)35(43)25-17-41(18-25)13-7-12-36/h2-6,8-11,15-16,22,25-26,34,40H,7,12-14,17-21H2,1H3/t22-,26?,34-/m1/s1. The van der Waals surface area contributed by atoms with Gasteiger partial charge in [-0.3, -0.25) is 14.1 Å². The summed E-state index contributed by atoms with van der Waals surface area (Å²) < 4.78 is 65.8. The van der Waals surface area contributed by atoms with Crippen LogP contribution in [0.5, 0.6) is 0 Å². The molecule has 0 bridgehead atoms. The first kappa shape index (κ1) is 30.5. The summed E-state index contributed by atoms with van der Waals surface area (Å²) in [4.78, 5) is 20.2. The number of carbonyl (C=O) groups is 1. The highest BCUT2D eigenvalue weighted by Crippen LogP contribution is 2.43. The zero-order valence-electron chi connectivity index (χ0n) is 24.7. The molecule has 0 radical (unpaired) electrons. The molecule has 1 saturated heterocycles. The number of benzene rings is 3. The third kappa shape index (κ3) is 6.18. The number of hydrogen-bond acceptors (Lipinski definition) is 4. The highest BCUT2D eigenvalue weighted by Gasteiger charge is 2.40. The van der Waals surface area contributed by atoms with Gasteiger partial charge in [-0.05, 0) is 49.1 Å². The molecule has 3 atom stereocenters. The first-order valence-electron chi connectivity index (χ1n) is 15.3. The molecule has 0 spiro atoms. The molecular weight excluding hydrogens is 570 g/mol. The molecule has 44 heavy (non-hydrogen) atoms. The topological polar surface area (TPSA) is 48.6 Å². The summed E-state index contributed by atoms with van der Waals surface area (Å²) in [5.74, 6) is -2.39. The lowest BCUT2D eigenvalue weighted by molar-refractivity contribution is 0.0327. The predicted molar refractivity (Wildman–Crippen MR) is 162 cm³/mol. The van der Waals surface area contributed by atoms with Crippen molar-refractivity contribution in [1.29, 1.82) is 0 Å². The van der Waals surface area contributed by atoms with Crippen molar-refractivity contribution in [3.05, 3.63) is 106 Å². The van der Waals surface area contributed by atoms with Gasteiger partial charge in [-0.2, -0.15) is 0 Å². The number of fused-ring (bicyclic) bond motifs is 3. The second kappa shape index (κ2) is 13.2. The van der Waals surface area contributed by atoms with Crippen LogP contribution in [-0.2, 0) is 17.8 Å². The van der Waals surface area contributed by atoms with Crippen molar-refractivity contribution in [1.82, 2.24) is 14.8 Å². The van der Waals surface area contributed by atoms with Gasteiger partial charge in [0.15, 0.2) is 5.78 Å². The van der Waals surface area contributed by atoms with E-state index in [1.54, 1.807) is 4.90 Å². The molecule has 1 N–H and O–H groups in total. The van der Waals surface area contributed by atoms with Crippen LogP contribution in [0.4, 0.5) is 17.6 Å². The minimum Gasteiger partial charge on any atom is -0.374 e. The van der Waals surface area contributed by atoms with Gasteiger partial charge in [-0.1, -0.05) is 48.5 Å². The zero-order chi connectivity index (χ0) is 30.8. The van der Waals surface area contributed by atoms with E-state index in [4.69, 9.17) is 4.74 Å². The summed E-state index contributed by atoms with van der Waals surface area (Å²) in [6.07, 6.45) is -0.432. The summed E-state index contributed by atoms with van der Waals surface area (Å²) >= 11 is 0. The molecule has 9 heteroatoms. The van der Waals surface area contributed by atoms with Crippen molar-refractivity contribution < 1.29 is 27.1 Å². The number of para-hydroxylation sites is 1. The molecule has 2 aliphatic heterocycles. The van der Waals surface area contributed by atoms with E-state index in [0.29, 0.717) is 38.2 Å². The molecule has 0 aliphatic carbocycles. The number of hydrogen-bond donors (Lipinski definition) is 1. The fourth-order valence-electron chi connectivity index (χ4n) is 6.69. The van der Waals surface area contributed by atoms with E-state index < -0.39 is 30.5 Å². The molecule has 2 aliphatic rings. The summed E-state index contributed by atoms with van der Waals surface area (Å²) in [7, 11) is 0. The maximum atomic E-state index is 16.1. The normalized spacial score (nSPS) is 20.0. The quantitative estimate of drug-likeness (QED) is 0.142. The second-order valence-electron chi connectivity index (χ2n) is 12.0. The van der Waals surface area contributed by atoms with Crippen LogP contribution in [0.3, 0.4) is 0 Å². The molecule has 4 aromatic rings. The lowest BCUT2D eigenvalue weighted by Crippen LogP contribution is -2.50. The second-order valence-corrected chi connectivity index (χ2v) is 12.0. The van der Waals surface area contributed by atoms with Gasteiger partial charge in [-0.25, -0.2) is 13.2 Å². The van der Waals surface area contributed by atoms with Crippen molar-refractivity contribution in [2.45, 2.75) is 44.6 Å². The molecule has 5 nitrogen and oxygen atoms in total. The maximum absolute atomic E-state index is 16.1. The molecule has 1 unspecified atom stereocenters. The Bertz CT molecular complexity index is 1580. The van der Waals surface area contributed by atoms with E-state index in [-0.39, 0.29) is 48.6 Å². The number of aromatic nitrogens is 1. The number of alkyl halides is 2. The fourth-order valence-corrected chi connectivity index (χ4v) is 6.69. The number of H-pyrrole nitrogens is 1. The third-order valence-electron chi connectivity index (χ3n) is 8.91. The van der Waals surface area contributed by atoms with Gasteiger partial charge in [-0.15, -0.1) is 0 Å². The average Bonchev–Trinajstić information content (AvgIpc) is 3.36. The summed E-state index contributed by atoms with van der Waals surface area (Å²) in [6.45, 7) is 2.97. The first-order chi connectivity index (χ1) is 21.3. The lowest BCUT2D eigenvalue weighted by atomic mass is 9.86. The Morgan fingerprint density at radius 1 is 1.05 bits per heavy atom. The number of halogens is 4. The van der Waals surface area contributed by atoms with Gasteiger partial charge >= 0.3 is 0 Å². The molecule has 0 amide bonds. The Hall–Kier alpha value is -3.53. The van der Waals surface area contributed by atoms with Crippen LogP contribution >= 0.6 is 0 Å². The van der Waals surface area contributed by atoms with Crippen LogP contribution in [0.15, 0.2) is 66.7 Å². The average molecular weight is 608 g/mol. The van der Waals surface area contributed by atoms with E-state index >= 15 is 13.2 Å². The molecule has 3 aromatic carbocycles. The SMILES string of the molecule is C[C@@H]1Cc2c([nH]c3ccccc23)[C@@H](c2c(F)cc(C(=O)C3CN(CCCF)C3)cc2F)N1CC(F)COCc1ccccc1. The van der Waals surface area contributed by atoms with E-state index in [9.17, 15) is 9.18 Å². The number of likely N-dealkylation sites (tertiary alicyclic amines) is 1. The van der Waals surface area contributed by atoms with Crippen molar-refractivity contribution in [2.75, 3.05) is 39.5 Å². The van der Waals surface area contributed by atoms with Crippen LogP contribution in [0, 0.1) is 17.6 Å². The summed E-state index contributed by atoms with van der Waals surface area (Å²) in [5.41, 5.74) is 3.11. The Morgan fingerprint density at radius 2 is 1.75 bits per heavy atom. The zero-order valence-corrected chi connectivity index (χ0v) is 24.7. The molecular formula is C35H37F4N3O2. The van der Waals surface area contributed by atoms with Crippen LogP contribution in [0.2, 0.25) is 0 Å². The van der Waals surface area contributed by atoms with Crippen molar-refractivity contribution >= 4 is 16.7 Å². The van der Waals surface area contributed by atoms with E-state index in [2.05, 4.69) is 4.98 Å². The smallest absolute Gasteiger partial charge is 0.168 e. The van der Waals surface area contributed by atoms with Crippen molar-refractivity contribution in [3.8, 4) is 0 Å². The number of nitrogens with one attached hydrogen (secondary N) is 1. The maximum Gasteiger partial charge on any atom is 0.168 e. The largest absolute Gasteiger partial charge is 0.374 e. The predicted octanol–water partition coefficient (Wildman–Crippen LogP) is 6.81. The number of carbonyl (C=O) groups excluding carboxylic acids is 1. The van der Waals surface area contributed by atoms with Crippen LogP contribution in [0.25, 0.3) is 10.9 Å². The lowest BCUT2D eigenvalue weighted by Gasteiger charge is -2.41. The van der Waals surface area contributed by atoms with Gasteiger partial charge in [0.05, 0.1) is 25.9 Å². The number of ketones is 1. The Kier molecular flexibility index (Phi) is 9.16. The summed E-state index contributed by atoms with van der Waals surface area (Å²) in [5, 5.41) is 0.969.